The van der Waals surface area contributed by atoms with Crippen LogP contribution in [0.3, 0.4) is 0 Å². The molecule has 3 aliphatic heterocycles. The van der Waals surface area contributed by atoms with Gasteiger partial charge < -0.3 is 29.4 Å². The van der Waals surface area contributed by atoms with E-state index in [0.717, 1.165) is 31.2 Å². The van der Waals surface area contributed by atoms with E-state index in [2.05, 4.69) is 32.5 Å². The molecule has 0 saturated carbocycles. The minimum absolute atomic E-state index is 0.0110. The normalized spacial score (nSPS) is 23.5. The number of carboxylic acid groups (broad SMARTS) is 1. The number of amides is 2. The predicted octanol–water partition coefficient (Wildman–Crippen LogP) is 5.08. The minimum Gasteiger partial charge on any atom is -0.477 e. The van der Waals surface area contributed by atoms with Gasteiger partial charge in [-0.1, -0.05) is 56.5 Å². The zero-order valence-corrected chi connectivity index (χ0v) is 26.0. The summed E-state index contributed by atoms with van der Waals surface area (Å²) in [6, 6.07) is 12.2. The number of fused-ring (bicyclic) bond motifs is 2. The van der Waals surface area contributed by atoms with Gasteiger partial charge in [-0.3, -0.25) is 8.43 Å². The zero-order chi connectivity index (χ0) is 30.5. The lowest BCUT2D eigenvalue weighted by atomic mass is 10.1. The number of hydrogen-bond acceptors (Lipinski definition) is 11. The molecule has 15 heteroatoms. The van der Waals surface area contributed by atoms with Crippen molar-refractivity contribution < 1.29 is 33.6 Å². The van der Waals surface area contributed by atoms with E-state index in [0.29, 0.717) is 23.9 Å². The van der Waals surface area contributed by atoms with E-state index in [1.54, 1.807) is 0 Å². The third-order valence-electron chi connectivity index (χ3n) is 7.28. The molecule has 3 aliphatic rings. The Labute approximate surface area is 264 Å². The van der Waals surface area contributed by atoms with Gasteiger partial charge in [-0.2, -0.15) is 3.15 Å². The smallest absolute Gasteiger partial charge is 0.341 e. The van der Waals surface area contributed by atoms with Crippen molar-refractivity contribution in [3.8, 4) is 5.88 Å². The lowest BCUT2D eigenvalue weighted by Crippen LogP contribution is -2.38. The van der Waals surface area contributed by atoms with Crippen molar-refractivity contribution in [2.24, 2.45) is 3.15 Å². The molecule has 5 atom stereocenters. The highest BCUT2D eigenvalue weighted by Gasteiger charge is 2.56. The maximum Gasteiger partial charge on any atom is 0.341 e. The van der Waals surface area contributed by atoms with Crippen LogP contribution < -0.4 is 18.5 Å². The summed E-state index contributed by atoms with van der Waals surface area (Å²) < 4.78 is 31.8. The van der Waals surface area contributed by atoms with Crippen LogP contribution in [0.15, 0.2) is 58.1 Å². The van der Waals surface area contributed by atoms with E-state index in [4.69, 9.17) is 22.1 Å². The molecule has 2 saturated heterocycles. The Morgan fingerprint density at radius 3 is 2.68 bits per heavy atom. The Morgan fingerprint density at radius 1 is 1.02 bits per heavy atom. The molecule has 5 unspecified atom stereocenters. The second-order valence-electron chi connectivity index (χ2n) is 10.3. The quantitative estimate of drug-likeness (QED) is 0.130. The van der Waals surface area contributed by atoms with Crippen molar-refractivity contribution in [3.63, 3.8) is 0 Å². The number of nitrogens with one attached hydrogen (secondary N) is 2. The van der Waals surface area contributed by atoms with E-state index in [-0.39, 0.29) is 24.1 Å². The molecule has 6 rings (SSSR count). The molecule has 2 aromatic heterocycles. The number of carbonyl (C=O) groups is 2. The number of halogens is 1. The molecule has 232 valence electrons. The number of unbranched alkanes of at least 4 members (excludes halogenated alkanes) is 3. The molecule has 0 spiro atoms. The first-order valence-corrected chi connectivity index (χ1v) is 16.3. The maximum atomic E-state index is 12.6. The molecule has 2 fully saturated rings. The van der Waals surface area contributed by atoms with Gasteiger partial charge in [0.1, 0.15) is 58.1 Å². The van der Waals surface area contributed by atoms with Crippen LogP contribution in [0.5, 0.6) is 5.88 Å². The largest absolute Gasteiger partial charge is 0.477 e. The average molecular weight is 718 g/mol. The topological polar surface area (TPSA) is 170 Å². The Morgan fingerprint density at radius 2 is 1.86 bits per heavy atom. The number of urea groups is 1. The first-order chi connectivity index (χ1) is 21.5. The number of aromatic carboxylic acids is 1. The number of rotatable bonds is 12. The lowest BCUT2D eigenvalue weighted by molar-refractivity contribution is -0.134. The minimum atomic E-state index is -1.14. The third-order valence-corrected chi connectivity index (χ3v) is 9.45. The van der Waals surface area contributed by atoms with Gasteiger partial charge in [0.25, 0.3) is 0 Å². The fourth-order valence-corrected chi connectivity index (χ4v) is 7.27. The standard InChI is InChI=1S/C29H32IN7O7/c1-2-3-4-8-13-32-29(40)35-23-20-24(34-16-33-23)37(30-36-20)26-22-21(43-28(44-22)17-10-6-5-7-11-17)19(42-26)15-41-25-18(27(38)39)12-9-14-31-25/h5-7,9-12,14,16,19,21-22,26,28H,2-4,8,13,15H2,1H3,(H,38,39)(H2,32,33,34,35,40). The number of benzene rings is 1. The second kappa shape index (κ2) is 13.9. The van der Waals surface area contributed by atoms with Crippen molar-refractivity contribution in [3.05, 3.63) is 66.1 Å². The Kier molecular flexibility index (Phi) is 9.54. The summed E-state index contributed by atoms with van der Waals surface area (Å²) in [5.74, 6) is -0.306. The molecule has 0 bridgehead atoms. The van der Waals surface area contributed by atoms with Crippen LogP contribution in [0, 0.1) is 0 Å². The summed E-state index contributed by atoms with van der Waals surface area (Å²) in [5, 5.41) is 15.2. The summed E-state index contributed by atoms with van der Waals surface area (Å²) in [6.07, 6.45) is 4.13. The number of carboxylic acids is 1. The van der Waals surface area contributed by atoms with Crippen molar-refractivity contribution in [1.29, 1.82) is 0 Å². The predicted molar refractivity (Wildman–Crippen MR) is 166 cm³/mol. The zero-order valence-electron chi connectivity index (χ0n) is 23.8. The first kappa shape index (κ1) is 30.2. The second-order valence-corrected chi connectivity index (χ2v) is 12.2. The molecule has 5 heterocycles. The van der Waals surface area contributed by atoms with Gasteiger partial charge in [-0.25, -0.2) is 24.5 Å². The molecule has 44 heavy (non-hydrogen) atoms. The highest BCUT2D eigenvalue weighted by molar-refractivity contribution is 14.2. The molecule has 1 aromatic carbocycles. The number of ether oxygens (including phenoxy) is 4. The number of carbonyl (C=O) groups excluding carboxylic acids is 1. The van der Waals surface area contributed by atoms with Crippen molar-refractivity contribution in [2.75, 3.05) is 21.6 Å². The van der Waals surface area contributed by atoms with Crippen LogP contribution in [0.25, 0.3) is 0 Å². The SMILES string of the molecule is CCCCCCNC(=O)Nc1ncnc2c1N=IN2C1OC(COc2ncccc2C(=O)O)C2OC(c3ccccc3)OC21. The van der Waals surface area contributed by atoms with Crippen LogP contribution in [-0.4, -0.2) is 69.8 Å². The van der Waals surface area contributed by atoms with Gasteiger partial charge in [0.15, 0.2) is 29.8 Å². The van der Waals surface area contributed by atoms with Crippen molar-refractivity contribution in [2.45, 2.75) is 63.4 Å². The van der Waals surface area contributed by atoms with E-state index in [1.807, 2.05) is 33.4 Å². The van der Waals surface area contributed by atoms with E-state index < -0.39 is 58.1 Å². The summed E-state index contributed by atoms with van der Waals surface area (Å²) in [5.41, 5.74) is 1.29. The summed E-state index contributed by atoms with van der Waals surface area (Å²) in [7, 11) is 0. The maximum absolute atomic E-state index is 12.6. The molecular weight excluding hydrogens is 685 g/mol. The number of anilines is 2. The van der Waals surface area contributed by atoms with Gasteiger partial charge in [0, 0.05) is 18.3 Å². The Bertz CT molecular complexity index is 1510. The van der Waals surface area contributed by atoms with Gasteiger partial charge in [-0.05, 0) is 18.6 Å². The number of nitrogens with zero attached hydrogens (tertiary/aromatic N) is 5. The van der Waals surface area contributed by atoms with Gasteiger partial charge >= 0.3 is 12.0 Å². The summed E-state index contributed by atoms with van der Waals surface area (Å²) >= 11 is -1.02. The molecule has 2 amide bonds. The highest BCUT2D eigenvalue weighted by Crippen LogP contribution is 2.50. The first-order valence-electron chi connectivity index (χ1n) is 14.4. The van der Waals surface area contributed by atoms with Crippen LogP contribution in [0.2, 0.25) is 0 Å². The van der Waals surface area contributed by atoms with Crippen LogP contribution in [0.1, 0.15) is 54.8 Å². The molecule has 0 radical (unpaired) electrons. The molecule has 14 nitrogen and oxygen atoms in total. The lowest BCUT2D eigenvalue weighted by Gasteiger charge is -2.26. The molecular formula is C29H32IN7O7. The number of hydrogen-bond donors (Lipinski definition) is 3. The number of aromatic nitrogens is 3. The molecule has 3 N–H and O–H groups in total. The van der Waals surface area contributed by atoms with E-state index in [9.17, 15) is 14.7 Å². The van der Waals surface area contributed by atoms with Gasteiger partial charge in [-0.15, -0.1) is 0 Å². The summed E-state index contributed by atoms with van der Waals surface area (Å²) in [6.45, 7) is 2.69. The van der Waals surface area contributed by atoms with Crippen LogP contribution in [-0.2, 0) is 14.2 Å². The average Bonchev–Trinajstić information content (AvgIpc) is 3.75. The fraction of sp³-hybridized carbons (Fsp3) is 0.414. The Balaban J connectivity index is 1.19. The molecule has 3 aromatic rings. The number of pyridine rings is 1. The Hall–Kier alpha value is -3.80. The van der Waals surface area contributed by atoms with E-state index >= 15 is 0 Å². The summed E-state index contributed by atoms with van der Waals surface area (Å²) in [4.78, 5) is 37.1. The third kappa shape index (κ3) is 6.50. The van der Waals surface area contributed by atoms with Crippen LogP contribution >= 0.6 is 21.3 Å². The fourth-order valence-electron chi connectivity index (χ4n) is 5.13. The van der Waals surface area contributed by atoms with Gasteiger partial charge in [0.05, 0.1) is 0 Å². The molecule has 0 aliphatic carbocycles. The van der Waals surface area contributed by atoms with Crippen LogP contribution in [0.4, 0.5) is 22.1 Å². The van der Waals surface area contributed by atoms with E-state index in [1.165, 1.54) is 24.7 Å². The van der Waals surface area contributed by atoms with Crippen molar-refractivity contribution in [1.82, 2.24) is 20.3 Å². The van der Waals surface area contributed by atoms with Crippen molar-refractivity contribution >= 4 is 50.6 Å². The highest BCUT2D eigenvalue weighted by atomic mass is 127. The monoisotopic (exact) mass is 717 g/mol. The van der Waals surface area contributed by atoms with Gasteiger partial charge in [0.2, 0.25) is 5.88 Å².